The monoisotopic (exact) mass is 252 g/mol. The number of hydrogen-bond donors (Lipinski definition) is 2. The van der Waals surface area contributed by atoms with Crippen LogP contribution in [0.25, 0.3) is 0 Å². The van der Waals surface area contributed by atoms with E-state index >= 15 is 0 Å². The Labute approximate surface area is 109 Å². The lowest BCUT2D eigenvalue weighted by molar-refractivity contribution is 0.179. The summed E-state index contributed by atoms with van der Waals surface area (Å²) in [5, 5.41) is 16.6. The van der Waals surface area contributed by atoms with Crippen molar-refractivity contribution in [3.63, 3.8) is 0 Å². The van der Waals surface area contributed by atoms with Crippen LogP contribution in [0.15, 0.2) is 12.4 Å². The van der Waals surface area contributed by atoms with Crippen molar-refractivity contribution in [3.05, 3.63) is 12.4 Å². The van der Waals surface area contributed by atoms with E-state index in [0.29, 0.717) is 18.5 Å². The van der Waals surface area contributed by atoms with Crippen LogP contribution in [0.2, 0.25) is 0 Å². The normalized spacial score (nSPS) is 25.3. The van der Waals surface area contributed by atoms with Gasteiger partial charge in [0.1, 0.15) is 0 Å². The number of piperidine rings is 1. The van der Waals surface area contributed by atoms with Gasteiger partial charge < -0.3 is 15.3 Å². The molecule has 1 aromatic heterocycles. The van der Waals surface area contributed by atoms with Crippen molar-refractivity contribution in [2.75, 3.05) is 31.6 Å². The molecule has 0 aromatic carbocycles. The Morgan fingerprint density at radius 3 is 3.06 bits per heavy atom. The maximum atomic E-state index is 8.86. The van der Waals surface area contributed by atoms with E-state index in [9.17, 15) is 0 Å². The van der Waals surface area contributed by atoms with Crippen molar-refractivity contribution >= 4 is 5.69 Å². The molecule has 0 saturated carbocycles. The van der Waals surface area contributed by atoms with E-state index in [1.165, 1.54) is 19.5 Å². The van der Waals surface area contributed by atoms with Crippen LogP contribution in [0.5, 0.6) is 0 Å². The van der Waals surface area contributed by atoms with Crippen LogP contribution in [0.4, 0.5) is 5.69 Å². The molecular weight excluding hydrogens is 228 g/mol. The second kappa shape index (κ2) is 6.20. The summed E-state index contributed by atoms with van der Waals surface area (Å²) >= 11 is 0. The molecule has 1 saturated heterocycles. The number of aliphatic hydroxyl groups excluding tert-OH is 1. The average molecular weight is 252 g/mol. The van der Waals surface area contributed by atoms with Gasteiger partial charge in [0.15, 0.2) is 0 Å². The molecule has 0 bridgehead atoms. The maximum absolute atomic E-state index is 8.86. The minimum atomic E-state index is 0.131. The van der Waals surface area contributed by atoms with Crippen LogP contribution in [-0.4, -0.2) is 52.1 Å². The predicted octanol–water partition coefficient (Wildman–Crippen LogP) is 1.02. The SMILES string of the molecule is CCN1CCC(Nc2cnn(CCO)c2)C(C)C1. The molecule has 1 fully saturated rings. The van der Waals surface area contributed by atoms with Gasteiger partial charge in [0.25, 0.3) is 0 Å². The van der Waals surface area contributed by atoms with Crippen LogP contribution in [-0.2, 0) is 6.54 Å². The zero-order chi connectivity index (χ0) is 13.0. The summed E-state index contributed by atoms with van der Waals surface area (Å²) in [5.74, 6) is 0.653. The minimum absolute atomic E-state index is 0.131. The number of aliphatic hydroxyl groups is 1. The van der Waals surface area contributed by atoms with Crippen LogP contribution >= 0.6 is 0 Å². The molecule has 1 aliphatic rings. The number of rotatable bonds is 5. The molecule has 2 unspecified atom stereocenters. The lowest BCUT2D eigenvalue weighted by Gasteiger charge is -2.36. The fraction of sp³-hybridized carbons (Fsp3) is 0.769. The molecule has 2 atom stereocenters. The van der Waals surface area contributed by atoms with Crippen molar-refractivity contribution in [2.45, 2.75) is 32.9 Å². The zero-order valence-electron chi connectivity index (χ0n) is 11.3. The second-order valence-electron chi connectivity index (χ2n) is 5.13. The molecule has 1 aliphatic heterocycles. The first-order valence-electron chi connectivity index (χ1n) is 6.85. The molecule has 5 nitrogen and oxygen atoms in total. The fourth-order valence-electron chi connectivity index (χ4n) is 2.61. The highest BCUT2D eigenvalue weighted by Gasteiger charge is 2.25. The molecule has 18 heavy (non-hydrogen) atoms. The number of likely N-dealkylation sites (tertiary alicyclic amines) is 1. The first-order chi connectivity index (χ1) is 8.72. The first kappa shape index (κ1) is 13.4. The molecule has 102 valence electrons. The summed E-state index contributed by atoms with van der Waals surface area (Å²) in [7, 11) is 0. The number of anilines is 1. The third-order valence-corrected chi connectivity index (χ3v) is 3.75. The topological polar surface area (TPSA) is 53.3 Å². The van der Waals surface area contributed by atoms with Crippen molar-refractivity contribution in [3.8, 4) is 0 Å². The third kappa shape index (κ3) is 3.23. The highest BCUT2D eigenvalue weighted by Crippen LogP contribution is 2.20. The Morgan fingerprint density at radius 2 is 2.39 bits per heavy atom. The quantitative estimate of drug-likeness (QED) is 0.821. The van der Waals surface area contributed by atoms with Crippen LogP contribution in [0, 0.1) is 5.92 Å². The van der Waals surface area contributed by atoms with Gasteiger partial charge in [-0.2, -0.15) is 5.10 Å². The van der Waals surface area contributed by atoms with E-state index in [1.807, 2.05) is 12.4 Å². The van der Waals surface area contributed by atoms with Crippen LogP contribution in [0.3, 0.4) is 0 Å². The molecule has 2 N–H and O–H groups in total. The molecule has 0 amide bonds. The van der Waals surface area contributed by atoms with Gasteiger partial charge in [-0.3, -0.25) is 4.68 Å². The molecule has 5 heteroatoms. The van der Waals surface area contributed by atoms with E-state index in [0.717, 1.165) is 12.2 Å². The van der Waals surface area contributed by atoms with Gasteiger partial charge in [-0.25, -0.2) is 0 Å². The Balaban J connectivity index is 1.88. The largest absolute Gasteiger partial charge is 0.394 e. The number of aromatic nitrogens is 2. The van der Waals surface area contributed by atoms with E-state index in [1.54, 1.807) is 4.68 Å². The summed E-state index contributed by atoms with van der Waals surface area (Å²) in [4.78, 5) is 2.50. The average Bonchev–Trinajstić information content (AvgIpc) is 2.80. The zero-order valence-corrected chi connectivity index (χ0v) is 11.3. The Hall–Kier alpha value is -1.07. The molecule has 2 heterocycles. The summed E-state index contributed by atoms with van der Waals surface area (Å²) in [6.07, 6.45) is 4.99. The van der Waals surface area contributed by atoms with Gasteiger partial charge in [0.2, 0.25) is 0 Å². The molecule has 0 radical (unpaired) electrons. The maximum Gasteiger partial charge on any atom is 0.0728 e. The van der Waals surface area contributed by atoms with Gasteiger partial charge in [0.05, 0.1) is 25.0 Å². The lowest BCUT2D eigenvalue weighted by atomic mass is 9.94. The lowest BCUT2D eigenvalue weighted by Crippen LogP contribution is -2.44. The van der Waals surface area contributed by atoms with E-state index in [4.69, 9.17) is 5.11 Å². The van der Waals surface area contributed by atoms with E-state index < -0.39 is 0 Å². The van der Waals surface area contributed by atoms with Crippen molar-refractivity contribution in [1.29, 1.82) is 0 Å². The van der Waals surface area contributed by atoms with Crippen molar-refractivity contribution in [2.24, 2.45) is 5.92 Å². The minimum Gasteiger partial charge on any atom is -0.394 e. The second-order valence-corrected chi connectivity index (χ2v) is 5.13. The molecule has 2 rings (SSSR count). The predicted molar refractivity (Wildman–Crippen MR) is 72.6 cm³/mol. The van der Waals surface area contributed by atoms with Crippen LogP contribution < -0.4 is 5.32 Å². The molecular formula is C13H24N4O. The highest BCUT2D eigenvalue weighted by molar-refractivity contribution is 5.39. The third-order valence-electron chi connectivity index (χ3n) is 3.75. The van der Waals surface area contributed by atoms with Gasteiger partial charge >= 0.3 is 0 Å². The van der Waals surface area contributed by atoms with Crippen LogP contribution in [0.1, 0.15) is 20.3 Å². The Kier molecular flexibility index (Phi) is 4.60. The fourth-order valence-corrected chi connectivity index (χ4v) is 2.61. The summed E-state index contributed by atoms with van der Waals surface area (Å²) < 4.78 is 1.77. The molecule has 0 aliphatic carbocycles. The van der Waals surface area contributed by atoms with Crippen molar-refractivity contribution < 1.29 is 5.11 Å². The van der Waals surface area contributed by atoms with Gasteiger partial charge in [-0.1, -0.05) is 13.8 Å². The number of hydrogen-bond acceptors (Lipinski definition) is 4. The number of nitrogens with one attached hydrogen (secondary N) is 1. The summed E-state index contributed by atoms with van der Waals surface area (Å²) in [6, 6.07) is 0.527. The van der Waals surface area contributed by atoms with Gasteiger partial charge in [-0.15, -0.1) is 0 Å². The van der Waals surface area contributed by atoms with E-state index in [-0.39, 0.29) is 6.61 Å². The Morgan fingerprint density at radius 1 is 1.56 bits per heavy atom. The van der Waals surface area contributed by atoms with Gasteiger partial charge in [-0.05, 0) is 18.9 Å². The summed E-state index contributed by atoms with van der Waals surface area (Å²) in [6.45, 7) is 8.70. The van der Waals surface area contributed by atoms with Gasteiger partial charge in [0, 0.05) is 25.3 Å². The molecule has 0 spiro atoms. The van der Waals surface area contributed by atoms with E-state index in [2.05, 4.69) is 29.2 Å². The Bertz CT molecular complexity index is 366. The standard InChI is InChI=1S/C13H24N4O/c1-3-16-5-4-13(11(2)9-16)15-12-8-14-17(10-12)6-7-18/h8,10-11,13,15,18H,3-7,9H2,1-2H3. The first-order valence-corrected chi connectivity index (χ1v) is 6.85. The highest BCUT2D eigenvalue weighted by atomic mass is 16.3. The molecule has 1 aromatic rings. The summed E-state index contributed by atoms with van der Waals surface area (Å²) in [5.41, 5.74) is 1.06. The smallest absolute Gasteiger partial charge is 0.0728 e. The number of nitrogens with zero attached hydrogens (tertiary/aromatic N) is 3. The van der Waals surface area contributed by atoms with Crippen molar-refractivity contribution in [1.82, 2.24) is 14.7 Å².